The molecular formula is C25H21FN2O4. The van der Waals surface area contributed by atoms with Gasteiger partial charge in [0.15, 0.2) is 0 Å². The molecule has 2 aromatic carbocycles. The number of rotatable bonds is 6. The third-order valence-corrected chi connectivity index (χ3v) is 5.25. The first-order chi connectivity index (χ1) is 15.5. The predicted molar refractivity (Wildman–Crippen MR) is 116 cm³/mol. The summed E-state index contributed by atoms with van der Waals surface area (Å²) in [6.07, 6.45) is 3.19. The highest BCUT2D eigenvalue weighted by molar-refractivity contribution is 6.46. The second kappa shape index (κ2) is 9.01. The van der Waals surface area contributed by atoms with Crippen LogP contribution in [0.1, 0.15) is 29.7 Å². The van der Waals surface area contributed by atoms with Crippen molar-refractivity contribution in [2.45, 2.75) is 19.5 Å². The molecule has 1 saturated heterocycles. The topological polar surface area (TPSA) is 79.7 Å². The normalized spacial score (nSPS) is 17.6. The lowest BCUT2D eigenvalue weighted by Crippen LogP contribution is -2.29. The molecule has 0 bridgehead atoms. The predicted octanol–water partition coefficient (Wildman–Crippen LogP) is 4.24. The summed E-state index contributed by atoms with van der Waals surface area (Å²) in [6, 6.07) is 14.8. The second-order valence-electron chi connectivity index (χ2n) is 7.29. The molecule has 1 aliphatic heterocycles. The van der Waals surface area contributed by atoms with Gasteiger partial charge >= 0.3 is 0 Å². The molecule has 3 aromatic rings. The molecule has 32 heavy (non-hydrogen) atoms. The van der Waals surface area contributed by atoms with Gasteiger partial charge in [-0.3, -0.25) is 14.6 Å². The summed E-state index contributed by atoms with van der Waals surface area (Å²) >= 11 is 0. The number of hydrogen-bond donors (Lipinski definition) is 1. The minimum Gasteiger partial charge on any atom is -0.507 e. The van der Waals surface area contributed by atoms with Crippen LogP contribution in [-0.4, -0.2) is 33.3 Å². The van der Waals surface area contributed by atoms with Crippen molar-refractivity contribution in [1.82, 2.24) is 9.88 Å². The van der Waals surface area contributed by atoms with Crippen LogP contribution in [0.3, 0.4) is 0 Å². The molecule has 2 heterocycles. The zero-order valence-corrected chi connectivity index (χ0v) is 17.4. The van der Waals surface area contributed by atoms with Crippen LogP contribution in [0.25, 0.3) is 5.76 Å². The number of carbonyl (C=O) groups is 2. The number of aliphatic hydroxyl groups is 1. The highest BCUT2D eigenvalue weighted by atomic mass is 19.1. The van der Waals surface area contributed by atoms with E-state index in [4.69, 9.17) is 4.74 Å². The fourth-order valence-corrected chi connectivity index (χ4v) is 3.77. The number of ether oxygens (including phenoxy) is 1. The number of benzene rings is 2. The molecule has 4 rings (SSSR count). The zero-order valence-electron chi connectivity index (χ0n) is 17.4. The van der Waals surface area contributed by atoms with Gasteiger partial charge in [-0.2, -0.15) is 0 Å². The average molecular weight is 432 g/mol. The molecule has 1 N–H and O–H groups in total. The van der Waals surface area contributed by atoms with Crippen LogP contribution in [0.2, 0.25) is 0 Å². The van der Waals surface area contributed by atoms with Gasteiger partial charge in [0.1, 0.15) is 17.3 Å². The van der Waals surface area contributed by atoms with Gasteiger partial charge in [0.05, 0.1) is 18.2 Å². The van der Waals surface area contributed by atoms with Crippen LogP contribution in [0.15, 0.2) is 78.6 Å². The minimum atomic E-state index is -0.875. The molecule has 1 atom stereocenters. The maximum atomic E-state index is 13.6. The zero-order chi connectivity index (χ0) is 22.7. The molecule has 0 spiro atoms. The largest absolute Gasteiger partial charge is 0.507 e. The van der Waals surface area contributed by atoms with Crippen molar-refractivity contribution < 1.29 is 23.8 Å². The summed E-state index contributed by atoms with van der Waals surface area (Å²) in [5.74, 6) is -1.76. The fourth-order valence-electron chi connectivity index (χ4n) is 3.77. The molecule has 0 saturated carbocycles. The van der Waals surface area contributed by atoms with E-state index in [0.717, 1.165) is 5.56 Å². The Morgan fingerprint density at radius 3 is 2.50 bits per heavy atom. The Hall–Kier alpha value is -4.00. The molecule has 1 aliphatic rings. The van der Waals surface area contributed by atoms with Crippen LogP contribution in [0, 0.1) is 5.82 Å². The van der Waals surface area contributed by atoms with Gasteiger partial charge in [-0.05, 0) is 54.4 Å². The summed E-state index contributed by atoms with van der Waals surface area (Å²) in [5, 5.41) is 11.1. The van der Waals surface area contributed by atoms with E-state index in [1.54, 1.807) is 48.8 Å². The van der Waals surface area contributed by atoms with E-state index in [-0.39, 0.29) is 17.9 Å². The maximum Gasteiger partial charge on any atom is 0.295 e. The van der Waals surface area contributed by atoms with E-state index in [1.807, 2.05) is 6.92 Å². The summed E-state index contributed by atoms with van der Waals surface area (Å²) in [4.78, 5) is 31.4. The van der Waals surface area contributed by atoms with E-state index in [9.17, 15) is 19.1 Å². The van der Waals surface area contributed by atoms with Gasteiger partial charge in [-0.25, -0.2) is 4.39 Å². The van der Waals surface area contributed by atoms with Gasteiger partial charge < -0.3 is 14.7 Å². The Labute approximate surface area is 184 Å². The molecule has 1 amide bonds. The van der Waals surface area contributed by atoms with Gasteiger partial charge in [-0.15, -0.1) is 0 Å². The number of aliphatic hydroxyl groups excluding tert-OH is 1. The Bertz CT molecular complexity index is 1180. The lowest BCUT2D eigenvalue weighted by atomic mass is 9.95. The maximum absolute atomic E-state index is 13.6. The van der Waals surface area contributed by atoms with Crippen molar-refractivity contribution in [1.29, 1.82) is 0 Å². The molecule has 6 nitrogen and oxygen atoms in total. The number of halogens is 1. The Balaban J connectivity index is 1.84. The molecule has 1 fully saturated rings. The fraction of sp³-hybridized carbons (Fsp3) is 0.160. The number of aromatic nitrogens is 1. The molecule has 0 aliphatic carbocycles. The van der Waals surface area contributed by atoms with E-state index < -0.39 is 23.5 Å². The Morgan fingerprint density at radius 2 is 1.81 bits per heavy atom. The molecule has 1 aromatic heterocycles. The number of nitrogens with zero attached hydrogens (tertiary/aromatic N) is 2. The Morgan fingerprint density at radius 1 is 1.09 bits per heavy atom. The number of Topliss-reactive ketones (excluding diaryl/α,β-unsaturated/α-hetero) is 1. The van der Waals surface area contributed by atoms with Gasteiger partial charge in [-0.1, -0.05) is 24.3 Å². The smallest absolute Gasteiger partial charge is 0.295 e. The van der Waals surface area contributed by atoms with E-state index in [1.165, 1.54) is 29.2 Å². The van der Waals surface area contributed by atoms with Crippen LogP contribution in [-0.2, 0) is 16.1 Å². The van der Waals surface area contributed by atoms with E-state index in [2.05, 4.69) is 4.98 Å². The van der Waals surface area contributed by atoms with Crippen molar-refractivity contribution in [3.63, 3.8) is 0 Å². The third kappa shape index (κ3) is 4.09. The van der Waals surface area contributed by atoms with Crippen molar-refractivity contribution in [3.8, 4) is 5.75 Å². The lowest BCUT2D eigenvalue weighted by molar-refractivity contribution is -0.140. The summed E-state index contributed by atoms with van der Waals surface area (Å²) in [7, 11) is 0. The Kier molecular flexibility index (Phi) is 5.98. The standard InChI is InChI=1S/C25H21FN2O4/c1-2-32-20-5-3-4-18(14-20)23(29)21-22(17-6-8-19(26)9-7-17)28(25(31)24(21)30)15-16-10-12-27-13-11-16/h3-14,22,29H,2,15H2,1H3. The summed E-state index contributed by atoms with van der Waals surface area (Å²) in [6.45, 7) is 2.41. The van der Waals surface area contributed by atoms with Crippen molar-refractivity contribution in [3.05, 3.63) is 101 Å². The summed E-state index contributed by atoms with van der Waals surface area (Å²) < 4.78 is 19.1. The highest BCUT2D eigenvalue weighted by Crippen LogP contribution is 2.40. The lowest BCUT2D eigenvalue weighted by Gasteiger charge is -2.25. The third-order valence-electron chi connectivity index (χ3n) is 5.25. The second-order valence-corrected chi connectivity index (χ2v) is 7.29. The van der Waals surface area contributed by atoms with Crippen LogP contribution < -0.4 is 4.74 Å². The summed E-state index contributed by atoms with van der Waals surface area (Å²) in [5.41, 5.74) is 1.59. The SMILES string of the molecule is CCOc1cccc(C(O)=C2C(=O)C(=O)N(Cc3ccncc3)C2c2ccc(F)cc2)c1. The quantitative estimate of drug-likeness (QED) is 0.358. The number of likely N-dealkylation sites (tertiary alicyclic amines) is 1. The monoisotopic (exact) mass is 432 g/mol. The number of ketones is 1. The van der Waals surface area contributed by atoms with E-state index in [0.29, 0.717) is 23.5 Å². The van der Waals surface area contributed by atoms with Gasteiger partial charge in [0.2, 0.25) is 0 Å². The van der Waals surface area contributed by atoms with Gasteiger partial charge in [0, 0.05) is 24.5 Å². The minimum absolute atomic E-state index is 0.0516. The average Bonchev–Trinajstić information content (AvgIpc) is 3.05. The first-order valence-electron chi connectivity index (χ1n) is 10.2. The number of carbonyl (C=O) groups excluding carboxylic acids is 2. The number of amides is 1. The van der Waals surface area contributed by atoms with Crippen LogP contribution >= 0.6 is 0 Å². The molecular weight excluding hydrogens is 411 g/mol. The van der Waals surface area contributed by atoms with Crippen molar-refractivity contribution in [2.24, 2.45) is 0 Å². The molecule has 0 radical (unpaired) electrons. The first-order valence-corrected chi connectivity index (χ1v) is 10.2. The van der Waals surface area contributed by atoms with Crippen molar-refractivity contribution >= 4 is 17.4 Å². The number of hydrogen-bond acceptors (Lipinski definition) is 5. The van der Waals surface area contributed by atoms with Crippen LogP contribution in [0.5, 0.6) is 5.75 Å². The highest BCUT2D eigenvalue weighted by Gasteiger charge is 2.46. The van der Waals surface area contributed by atoms with Gasteiger partial charge in [0.25, 0.3) is 11.7 Å². The number of pyridine rings is 1. The van der Waals surface area contributed by atoms with Crippen molar-refractivity contribution in [2.75, 3.05) is 6.61 Å². The first kappa shape index (κ1) is 21.2. The van der Waals surface area contributed by atoms with Crippen LogP contribution in [0.4, 0.5) is 4.39 Å². The molecule has 7 heteroatoms. The van der Waals surface area contributed by atoms with E-state index >= 15 is 0 Å². The molecule has 162 valence electrons. The molecule has 1 unspecified atom stereocenters.